The highest BCUT2D eigenvalue weighted by molar-refractivity contribution is 5.85. The number of rotatable bonds is 4. The van der Waals surface area contributed by atoms with Crippen LogP contribution in [0, 0.1) is 5.41 Å². The van der Waals surface area contributed by atoms with E-state index in [4.69, 9.17) is 5.73 Å². The minimum Gasteiger partial charge on any atom is -0.369 e. The fourth-order valence-corrected chi connectivity index (χ4v) is 0.626. The van der Waals surface area contributed by atoms with Crippen molar-refractivity contribution in [3.05, 3.63) is 0 Å². The highest BCUT2D eigenvalue weighted by Crippen LogP contribution is 2.18. The Balaban J connectivity index is -0.000000500. The molecule has 0 spiro atoms. The van der Waals surface area contributed by atoms with Crippen LogP contribution in [0.15, 0.2) is 0 Å². The number of halogens is 2. The summed E-state index contributed by atoms with van der Waals surface area (Å²) in [5.41, 5.74) is 4.83. The summed E-state index contributed by atoms with van der Waals surface area (Å²) in [5.74, 6) is -0.223. The summed E-state index contributed by atoms with van der Waals surface area (Å²) < 4.78 is 0. The fraction of sp³-hybridized carbons (Fsp3) is 0.875. The highest BCUT2D eigenvalue weighted by Gasteiger charge is 2.24. The Hall–Kier alpha value is 0.01000. The predicted molar refractivity (Wildman–Crippen MR) is 60.6 cm³/mol. The minimum absolute atomic E-state index is 0. The smallest absolute Gasteiger partial charge is 0.223 e. The lowest BCUT2D eigenvalue weighted by molar-refractivity contribution is -0.126. The Morgan fingerprint density at radius 3 is 1.92 bits per heavy atom. The SMILES string of the molecule is CN(C)CCC(C)(C)C(N)=O.Cl.Cl. The van der Waals surface area contributed by atoms with E-state index in [0.717, 1.165) is 13.0 Å². The van der Waals surface area contributed by atoms with E-state index in [0.29, 0.717) is 0 Å². The quantitative estimate of drug-likeness (QED) is 0.792. The van der Waals surface area contributed by atoms with Gasteiger partial charge in [-0.2, -0.15) is 0 Å². The zero-order chi connectivity index (χ0) is 9.07. The van der Waals surface area contributed by atoms with Gasteiger partial charge in [0, 0.05) is 5.41 Å². The topological polar surface area (TPSA) is 46.3 Å². The highest BCUT2D eigenvalue weighted by atomic mass is 35.5. The third-order valence-electron chi connectivity index (χ3n) is 1.85. The first-order valence-corrected chi connectivity index (χ1v) is 3.81. The lowest BCUT2D eigenvalue weighted by atomic mass is 9.88. The number of carbonyl (C=O) groups is 1. The third kappa shape index (κ3) is 8.34. The van der Waals surface area contributed by atoms with Crippen molar-refractivity contribution >= 4 is 30.7 Å². The van der Waals surface area contributed by atoms with Crippen LogP contribution in [0.5, 0.6) is 0 Å². The van der Waals surface area contributed by atoms with E-state index in [1.54, 1.807) is 0 Å². The molecule has 0 bridgehead atoms. The van der Waals surface area contributed by atoms with Gasteiger partial charge >= 0.3 is 0 Å². The fourth-order valence-electron chi connectivity index (χ4n) is 0.626. The van der Waals surface area contributed by atoms with Crippen molar-refractivity contribution in [3.63, 3.8) is 0 Å². The van der Waals surface area contributed by atoms with Crippen molar-refractivity contribution in [2.24, 2.45) is 11.1 Å². The lowest BCUT2D eigenvalue weighted by Gasteiger charge is -2.22. The Kier molecular flexibility index (Phi) is 10.7. The molecule has 0 atom stereocenters. The van der Waals surface area contributed by atoms with Crippen LogP contribution < -0.4 is 5.73 Å². The van der Waals surface area contributed by atoms with Crippen LogP contribution in [0.3, 0.4) is 0 Å². The molecule has 0 aliphatic carbocycles. The van der Waals surface area contributed by atoms with Crippen LogP contribution >= 0.6 is 24.8 Å². The Labute approximate surface area is 92.9 Å². The molecule has 0 aromatic rings. The summed E-state index contributed by atoms with van der Waals surface area (Å²) in [6.45, 7) is 4.65. The number of hydrogen-bond acceptors (Lipinski definition) is 2. The number of primary amides is 1. The van der Waals surface area contributed by atoms with Gasteiger partial charge in [0.1, 0.15) is 0 Å². The van der Waals surface area contributed by atoms with E-state index in [2.05, 4.69) is 0 Å². The van der Waals surface area contributed by atoms with Gasteiger partial charge < -0.3 is 10.6 Å². The van der Waals surface area contributed by atoms with Crippen molar-refractivity contribution in [3.8, 4) is 0 Å². The summed E-state index contributed by atoms with van der Waals surface area (Å²) in [6.07, 6.45) is 0.815. The molecule has 0 rings (SSSR count). The maximum atomic E-state index is 10.8. The second-order valence-electron chi connectivity index (χ2n) is 3.80. The molecule has 0 radical (unpaired) electrons. The van der Waals surface area contributed by atoms with E-state index in [1.807, 2.05) is 32.8 Å². The van der Waals surface area contributed by atoms with Crippen LogP contribution in [0.25, 0.3) is 0 Å². The number of nitrogens with two attached hydrogens (primary N) is 1. The Morgan fingerprint density at radius 1 is 1.31 bits per heavy atom. The maximum Gasteiger partial charge on any atom is 0.223 e. The first kappa shape index (κ1) is 18.7. The second kappa shape index (κ2) is 7.42. The van der Waals surface area contributed by atoms with Gasteiger partial charge in [-0.15, -0.1) is 24.8 Å². The number of nitrogens with zero attached hydrogens (tertiary/aromatic N) is 1. The molecule has 3 nitrogen and oxygen atoms in total. The zero-order valence-corrected chi connectivity index (χ0v) is 10.3. The first-order valence-electron chi connectivity index (χ1n) is 3.81. The van der Waals surface area contributed by atoms with Crippen molar-refractivity contribution < 1.29 is 4.79 Å². The molecule has 0 unspecified atom stereocenters. The molecule has 82 valence electrons. The normalized spacial score (nSPS) is 10.2. The molecule has 1 amide bonds. The van der Waals surface area contributed by atoms with Crippen LogP contribution in [-0.4, -0.2) is 31.4 Å². The molecule has 2 N–H and O–H groups in total. The summed E-state index contributed by atoms with van der Waals surface area (Å²) in [7, 11) is 3.97. The van der Waals surface area contributed by atoms with Gasteiger partial charge in [-0.1, -0.05) is 13.8 Å². The number of carbonyl (C=O) groups excluding carboxylic acids is 1. The molecule has 0 fully saturated rings. The molecule has 0 aromatic carbocycles. The molecular weight excluding hydrogens is 211 g/mol. The van der Waals surface area contributed by atoms with Crippen LogP contribution in [0.2, 0.25) is 0 Å². The predicted octanol–water partition coefficient (Wildman–Crippen LogP) is 1.29. The number of hydrogen-bond donors (Lipinski definition) is 1. The van der Waals surface area contributed by atoms with E-state index >= 15 is 0 Å². The van der Waals surface area contributed by atoms with Crippen LogP contribution in [-0.2, 0) is 4.79 Å². The van der Waals surface area contributed by atoms with Gasteiger partial charge in [0.05, 0.1) is 0 Å². The summed E-state index contributed by atoms with van der Waals surface area (Å²) in [6, 6.07) is 0. The average molecular weight is 231 g/mol. The summed E-state index contributed by atoms with van der Waals surface area (Å²) in [5, 5.41) is 0. The van der Waals surface area contributed by atoms with Crippen molar-refractivity contribution in [2.75, 3.05) is 20.6 Å². The van der Waals surface area contributed by atoms with Gasteiger partial charge in [-0.05, 0) is 27.1 Å². The van der Waals surface area contributed by atoms with Gasteiger partial charge in [-0.3, -0.25) is 4.79 Å². The van der Waals surface area contributed by atoms with Gasteiger partial charge in [0.15, 0.2) is 0 Å². The van der Waals surface area contributed by atoms with Gasteiger partial charge in [0.2, 0.25) is 5.91 Å². The molecule has 13 heavy (non-hydrogen) atoms. The van der Waals surface area contributed by atoms with Gasteiger partial charge in [0.25, 0.3) is 0 Å². The van der Waals surface area contributed by atoms with Crippen LogP contribution in [0.1, 0.15) is 20.3 Å². The molecule has 0 aromatic heterocycles. The van der Waals surface area contributed by atoms with Crippen molar-refractivity contribution in [2.45, 2.75) is 20.3 Å². The van der Waals surface area contributed by atoms with E-state index < -0.39 is 0 Å². The maximum absolute atomic E-state index is 10.8. The standard InChI is InChI=1S/C8H18N2O.2ClH/c1-8(2,7(9)11)5-6-10(3)4;;/h5-6H2,1-4H3,(H2,9,11);2*1H. The third-order valence-corrected chi connectivity index (χ3v) is 1.85. The molecule has 0 saturated heterocycles. The molecule has 0 aliphatic heterocycles. The van der Waals surface area contributed by atoms with E-state index in [-0.39, 0.29) is 36.1 Å². The first-order chi connectivity index (χ1) is 4.86. The van der Waals surface area contributed by atoms with Gasteiger partial charge in [-0.25, -0.2) is 0 Å². The molecule has 0 aliphatic rings. The Bertz CT molecular complexity index is 149. The van der Waals surface area contributed by atoms with E-state index in [1.165, 1.54) is 0 Å². The molecule has 5 heteroatoms. The van der Waals surface area contributed by atoms with E-state index in [9.17, 15) is 4.79 Å². The van der Waals surface area contributed by atoms with Crippen molar-refractivity contribution in [1.29, 1.82) is 0 Å². The minimum atomic E-state index is -0.371. The lowest BCUT2D eigenvalue weighted by Crippen LogP contribution is -2.34. The molecule has 0 saturated carbocycles. The second-order valence-corrected chi connectivity index (χ2v) is 3.80. The molecule has 0 heterocycles. The van der Waals surface area contributed by atoms with Crippen molar-refractivity contribution in [1.82, 2.24) is 4.90 Å². The summed E-state index contributed by atoms with van der Waals surface area (Å²) >= 11 is 0. The average Bonchev–Trinajstić information content (AvgIpc) is 1.84. The number of amides is 1. The summed E-state index contributed by atoms with van der Waals surface area (Å²) in [4.78, 5) is 12.9. The largest absolute Gasteiger partial charge is 0.369 e. The Morgan fingerprint density at radius 2 is 1.69 bits per heavy atom. The van der Waals surface area contributed by atoms with Crippen LogP contribution in [0.4, 0.5) is 0 Å². The monoisotopic (exact) mass is 230 g/mol. The molecular formula is C8H20Cl2N2O. The zero-order valence-electron chi connectivity index (χ0n) is 8.66.